The number of aromatic nitrogens is 2. The van der Waals surface area contributed by atoms with Gasteiger partial charge in [-0.2, -0.15) is 0 Å². The molecule has 3 rings (SSSR count). The predicted octanol–water partition coefficient (Wildman–Crippen LogP) is 2.42. The number of carbonyl (C=O) groups is 1. The van der Waals surface area contributed by atoms with Gasteiger partial charge in [0.15, 0.2) is 0 Å². The zero-order chi connectivity index (χ0) is 14.1. The standard InChI is InChI=1S/C14H17FN4O.2ClH/c1-8-11(3-2-4-16-8)19-14(20)10-5-9(15)6-12-13(10)18-7-17-12;;/h5-8,11,16H,2-4H2,1H3,(H,17,18)(H,19,20);2*1H. The number of nitrogens with zero attached hydrogens (tertiary/aromatic N) is 1. The number of aromatic amines is 1. The van der Waals surface area contributed by atoms with Gasteiger partial charge in [0.05, 0.1) is 17.4 Å². The molecule has 0 bridgehead atoms. The molecule has 1 fully saturated rings. The summed E-state index contributed by atoms with van der Waals surface area (Å²) in [5.74, 6) is -0.719. The molecule has 0 spiro atoms. The molecule has 2 unspecified atom stereocenters. The van der Waals surface area contributed by atoms with Crippen LogP contribution in [0.5, 0.6) is 0 Å². The van der Waals surface area contributed by atoms with E-state index in [9.17, 15) is 9.18 Å². The molecule has 0 aliphatic carbocycles. The monoisotopic (exact) mass is 348 g/mol. The molecule has 0 saturated carbocycles. The van der Waals surface area contributed by atoms with E-state index in [0.29, 0.717) is 11.0 Å². The molecule has 0 radical (unpaired) electrons. The number of imidazole rings is 1. The smallest absolute Gasteiger partial charge is 0.253 e. The van der Waals surface area contributed by atoms with Crippen LogP contribution in [0.4, 0.5) is 4.39 Å². The Labute approximate surface area is 140 Å². The Hall–Kier alpha value is -1.37. The van der Waals surface area contributed by atoms with Crippen molar-refractivity contribution in [2.45, 2.75) is 31.8 Å². The summed E-state index contributed by atoms with van der Waals surface area (Å²) in [7, 11) is 0. The average Bonchev–Trinajstić information content (AvgIpc) is 2.88. The Bertz CT molecular complexity index is 649. The van der Waals surface area contributed by atoms with Crippen LogP contribution in [0.15, 0.2) is 18.5 Å². The van der Waals surface area contributed by atoms with Crippen molar-refractivity contribution >= 4 is 41.8 Å². The van der Waals surface area contributed by atoms with Gasteiger partial charge in [0, 0.05) is 12.1 Å². The first-order chi connectivity index (χ1) is 9.65. The van der Waals surface area contributed by atoms with Gasteiger partial charge in [-0.3, -0.25) is 4.79 Å². The first-order valence-electron chi connectivity index (χ1n) is 6.82. The maximum Gasteiger partial charge on any atom is 0.253 e. The fourth-order valence-electron chi connectivity index (χ4n) is 2.68. The number of hydrogen-bond acceptors (Lipinski definition) is 3. The van der Waals surface area contributed by atoms with E-state index in [0.717, 1.165) is 19.4 Å². The lowest BCUT2D eigenvalue weighted by Gasteiger charge is -2.30. The summed E-state index contributed by atoms with van der Waals surface area (Å²) in [4.78, 5) is 19.3. The van der Waals surface area contributed by atoms with Crippen LogP contribution in [-0.4, -0.2) is 34.5 Å². The summed E-state index contributed by atoms with van der Waals surface area (Å²) in [5, 5.41) is 6.29. The second-order valence-corrected chi connectivity index (χ2v) is 5.22. The van der Waals surface area contributed by atoms with Crippen molar-refractivity contribution in [1.29, 1.82) is 0 Å². The van der Waals surface area contributed by atoms with E-state index in [2.05, 4.69) is 20.6 Å². The highest BCUT2D eigenvalue weighted by Crippen LogP contribution is 2.18. The Balaban J connectivity index is 0.00000121. The van der Waals surface area contributed by atoms with Crippen LogP contribution in [0, 0.1) is 5.82 Å². The van der Waals surface area contributed by atoms with E-state index in [-0.39, 0.29) is 48.4 Å². The van der Waals surface area contributed by atoms with E-state index < -0.39 is 5.82 Å². The Morgan fingerprint density at radius 2 is 2.18 bits per heavy atom. The third-order valence-corrected chi connectivity index (χ3v) is 3.81. The minimum absolute atomic E-state index is 0. The van der Waals surface area contributed by atoms with Gasteiger partial charge in [0.25, 0.3) is 5.91 Å². The van der Waals surface area contributed by atoms with Gasteiger partial charge in [0.1, 0.15) is 11.3 Å². The average molecular weight is 349 g/mol. The number of fused-ring (bicyclic) bond motifs is 1. The van der Waals surface area contributed by atoms with E-state index in [1.54, 1.807) is 0 Å². The molecular formula is C14H19Cl2FN4O. The molecule has 8 heteroatoms. The summed E-state index contributed by atoms with van der Waals surface area (Å²) in [6.07, 6.45) is 3.42. The second kappa shape index (κ2) is 7.76. The number of halogens is 3. The molecule has 1 aliphatic heterocycles. The molecular weight excluding hydrogens is 330 g/mol. The van der Waals surface area contributed by atoms with E-state index in [4.69, 9.17) is 0 Å². The van der Waals surface area contributed by atoms with Crippen LogP contribution in [-0.2, 0) is 0 Å². The lowest BCUT2D eigenvalue weighted by atomic mass is 9.99. The second-order valence-electron chi connectivity index (χ2n) is 5.22. The molecule has 1 saturated heterocycles. The van der Waals surface area contributed by atoms with Gasteiger partial charge in [0.2, 0.25) is 0 Å². The van der Waals surface area contributed by atoms with Gasteiger partial charge in [-0.05, 0) is 38.4 Å². The molecule has 1 aromatic heterocycles. The van der Waals surface area contributed by atoms with E-state index in [1.165, 1.54) is 18.5 Å². The molecule has 2 aromatic rings. The number of carbonyl (C=O) groups excluding carboxylic acids is 1. The molecule has 3 N–H and O–H groups in total. The summed E-state index contributed by atoms with van der Waals surface area (Å²) in [6.45, 7) is 3.01. The number of benzene rings is 1. The Morgan fingerprint density at radius 1 is 1.41 bits per heavy atom. The number of H-pyrrole nitrogens is 1. The lowest BCUT2D eigenvalue weighted by molar-refractivity contribution is 0.0921. The minimum atomic E-state index is -0.443. The molecule has 22 heavy (non-hydrogen) atoms. The molecule has 2 heterocycles. The van der Waals surface area contributed by atoms with Crippen LogP contribution in [0.1, 0.15) is 30.1 Å². The molecule has 2 atom stereocenters. The van der Waals surface area contributed by atoms with E-state index in [1.807, 2.05) is 6.92 Å². The number of nitrogens with one attached hydrogen (secondary N) is 3. The van der Waals surface area contributed by atoms with Crippen molar-refractivity contribution in [3.63, 3.8) is 0 Å². The third-order valence-electron chi connectivity index (χ3n) is 3.81. The van der Waals surface area contributed by atoms with Gasteiger partial charge >= 0.3 is 0 Å². The summed E-state index contributed by atoms with van der Waals surface area (Å²) in [5.41, 5.74) is 1.31. The summed E-state index contributed by atoms with van der Waals surface area (Å²) in [6, 6.07) is 2.85. The zero-order valence-electron chi connectivity index (χ0n) is 12.1. The first-order valence-corrected chi connectivity index (χ1v) is 6.82. The largest absolute Gasteiger partial charge is 0.348 e. The summed E-state index contributed by atoms with van der Waals surface area (Å²) < 4.78 is 13.6. The highest BCUT2D eigenvalue weighted by atomic mass is 35.5. The minimum Gasteiger partial charge on any atom is -0.348 e. The Kier molecular flexibility index (Phi) is 6.59. The normalized spacial score (nSPS) is 20.8. The third kappa shape index (κ3) is 3.69. The van der Waals surface area contributed by atoms with Gasteiger partial charge in [-0.15, -0.1) is 24.8 Å². The molecule has 1 amide bonds. The van der Waals surface area contributed by atoms with Crippen molar-refractivity contribution in [2.24, 2.45) is 0 Å². The Morgan fingerprint density at radius 3 is 2.91 bits per heavy atom. The fourth-order valence-corrected chi connectivity index (χ4v) is 2.68. The van der Waals surface area contributed by atoms with Gasteiger partial charge < -0.3 is 15.6 Å². The van der Waals surface area contributed by atoms with Crippen molar-refractivity contribution in [3.05, 3.63) is 29.8 Å². The predicted molar refractivity (Wildman–Crippen MR) is 88.5 cm³/mol. The topological polar surface area (TPSA) is 69.8 Å². The van der Waals surface area contributed by atoms with Crippen molar-refractivity contribution in [3.8, 4) is 0 Å². The molecule has 5 nitrogen and oxygen atoms in total. The maximum absolute atomic E-state index is 13.6. The maximum atomic E-state index is 13.6. The zero-order valence-corrected chi connectivity index (χ0v) is 13.7. The SMILES string of the molecule is CC1NCCCC1NC(=O)c1cc(F)cc2[nH]cnc12.Cl.Cl. The van der Waals surface area contributed by atoms with Crippen molar-refractivity contribution < 1.29 is 9.18 Å². The van der Waals surface area contributed by atoms with Gasteiger partial charge in [-0.25, -0.2) is 9.37 Å². The van der Waals surface area contributed by atoms with Crippen LogP contribution >= 0.6 is 24.8 Å². The fraction of sp³-hybridized carbons (Fsp3) is 0.429. The highest BCUT2D eigenvalue weighted by Gasteiger charge is 2.24. The number of hydrogen-bond donors (Lipinski definition) is 3. The van der Waals surface area contributed by atoms with Crippen LogP contribution in [0.25, 0.3) is 11.0 Å². The van der Waals surface area contributed by atoms with Crippen LogP contribution in [0.3, 0.4) is 0 Å². The van der Waals surface area contributed by atoms with Crippen molar-refractivity contribution in [1.82, 2.24) is 20.6 Å². The molecule has 1 aromatic carbocycles. The molecule has 122 valence electrons. The van der Waals surface area contributed by atoms with E-state index >= 15 is 0 Å². The van der Waals surface area contributed by atoms with Gasteiger partial charge in [-0.1, -0.05) is 0 Å². The number of amides is 1. The van der Waals surface area contributed by atoms with Crippen LogP contribution in [0.2, 0.25) is 0 Å². The number of piperidine rings is 1. The quantitative estimate of drug-likeness (QED) is 0.780. The van der Waals surface area contributed by atoms with Crippen LogP contribution < -0.4 is 10.6 Å². The molecule has 1 aliphatic rings. The van der Waals surface area contributed by atoms with Crippen molar-refractivity contribution in [2.75, 3.05) is 6.54 Å². The first kappa shape index (κ1) is 18.7. The summed E-state index contributed by atoms with van der Waals surface area (Å²) >= 11 is 0. The number of rotatable bonds is 2. The lowest BCUT2D eigenvalue weighted by Crippen LogP contribution is -2.51. The highest BCUT2D eigenvalue weighted by molar-refractivity contribution is 6.04.